The molecule has 2 amide bonds. The van der Waals surface area contributed by atoms with Crippen LogP contribution in [0.5, 0.6) is 0 Å². The van der Waals surface area contributed by atoms with Gasteiger partial charge < -0.3 is 10.2 Å². The summed E-state index contributed by atoms with van der Waals surface area (Å²) in [6, 6.07) is 16.1. The maximum Gasteiger partial charge on any atom is 0.242 e. The molecule has 0 radical (unpaired) electrons. The minimum Gasteiger partial charge on any atom is -0.357 e. The van der Waals surface area contributed by atoms with Crippen molar-refractivity contribution < 1.29 is 9.59 Å². The minimum atomic E-state index is -0.466. The van der Waals surface area contributed by atoms with Crippen LogP contribution in [0.4, 0.5) is 0 Å². The first-order chi connectivity index (χ1) is 14.2. The topological polar surface area (TPSA) is 49.4 Å². The lowest BCUT2D eigenvalue weighted by Gasteiger charge is -2.30. The molecule has 0 aliphatic heterocycles. The van der Waals surface area contributed by atoms with E-state index in [1.165, 1.54) is 5.56 Å². The van der Waals surface area contributed by atoms with Crippen molar-refractivity contribution in [3.63, 3.8) is 0 Å². The molecular weight excluding hydrogens is 372 g/mol. The molecule has 162 valence electrons. The predicted octanol–water partition coefficient (Wildman–Crippen LogP) is 4.78. The Morgan fingerprint density at radius 2 is 1.70 bits per heavy atom. The van der Waals surface area contributed by atoms with Crippen LogP contribution in [-0.2, 0) is 28.0 Å². The Bertz CT molecular complexity index is 850. The Kier molecular flexibility index (Phi) is 8.22. The van der Waals surface area contributed by atoms with Crippen molar-refractivity contribution in [1.82, 2.24) is 10.2 Å². The first-order valence-corrected chi connectivity index (χ1v) is 10.8. The Morgan fingerprint density at radius 1 is 1.03 bits per heavy atom. The summed E-state index contributed by atoms with van der Waals surface area (Å²) in [7, 11) is 1.62. The smallest absolute Gasteiger partial charge is 0.242 e. The third-order valence-electron chi connectivity index (χ3n) is 5.52. The molecule has 0 heterocycles. The average Bonchev–Trinajstić information content (AvgIpc) is 2.71. The van der Waals surface area contributed by atoms with Crippen molar-refractivity contribution in [2.45, 2.75) is 71.9 Å². The number of hydrogen-bond acceptors (Lipinski definition) is 2. The molecule has 0 spiro atoms. The lowest BCUT2D eigenvalue weighted by Crippen LogP contribution is -2.48. The van der Waals surface area contributed by atoms with E-state index in [-0.39, 0.29) is 17.2 Å². The van der Waals surface area contributed by atoms with Crippen molar-refractivity contribution in [2.24, 2.45) is 0 Å². The van der Waals surface area contributed by atoms with Gasteiger partial charge in [0.1, 0.15) is 6.04 Å². The number of benzene rings is 2. The van der Waals surface area contributed by atoms with Crippen LogP contribution in [0.2, 0.25) is 0 Å². The van der Waals surface area contributed by atoms with Crippen LogP contribution in [0, 0.1) is 6.92 Å². The van der Waals surface area contributed by atoms with Crippen molar-refractivity contribution in [2.75, 3.05) is 7.05 Å². The van der Waals surface area contributed by atoms with Crippen molar-refractivity contribution in [1.29, 1.82) is 0 Å². The summed E-state index contributed by atoms with van der Waals surface area (Å²) in [5.41, 5.74) is 4.72. The van der Waals surface area contributed by atoms with Crippen LogP contribution in [-0.4, -0.2) is 29.8 Å². The molecule has 0 saturated heterocycles. The third-order valence-corrected chi connectivity index (χ3v) is 5.52. The number of hydrogen-bond donors (Lipinski definition) is 1. The molecule has 0 aromatic heterocycles. The van der Waals surface area contributed by atoms with E-state index in [0.29, 0.717) is 25.8 Å². The van der Waals surface area contributed by atoms with Crippen molar-refractivity contribution >= 4 is 11.8 Å². The second-order valence-corrected chi connectivity index (χ2v) is 9.00. The van der Waals surface area contributed by atoms with Gasteiger partial charge in [0.25, 0.3) is 0 Å². The lowest BCUT2D eigenvalue weighted by atomic mass is 9.86. The SMILES string of the molecule is CC[C@@H](C(=O)NC)N(Cc1cccc(C)c1)C(=O)CCc1ccc(C(C)(C)C)cc1. The summed E-state index contributed by atoms with van der Waals surface area (Å²) in [4.78, 5) is 27.4. The van der Waals surface area contributed by atoms with Gasteiger partial charge in [-0.05, 0) is 41.9 Å². The van der Waals surface area contributed by atoms with Crippen LogP contribution >= 0.6 is 0 Å². The van der Waals surface area contributed by atoms with E-state index in [1.807, 2.05) is 32.0 Å². The van der Waals surface area contributed by atoms with E-state index in [1.54, 1.807) is 11.9 Å². The van der Waals surface area contributed by atoms with Gasteiger partial charge >= 0.3 is 0 Å². The zero-order valence-corrected chi connectivity index (χ0v) is 19.3. The summed E-state index contributed by atoms with van der Waals surface area (Å²) in [5.74, 6) is -0.111. The summed E-state index contributed by atoms with van der Waals surface area (Å²) in [5, 5.41) is 2.71. The number of nitrogens with zero attached hydrogens (tertiary/aromatic N) is 1. The van der Waals surface area contributed by atoms with E-state index in [4.69, 9.17) is 0 Å². The normalized spacial score (nSPS) is 12.3. The Labute approximate surface area is 181 Å². The second-order valence-electron chi connectivity index (χ2n) is 9.00. The van der Waals surface area contributed by atoms with E-state index in [9.17, 15) is 9.59 Å². The second kappa shape index (κ2) is 10.4. The molecule has 30 heavy (non-hydrogen) atoms. The van der Waals surface area contributed by atoms with Crippen LogP contribution < -0.4 is 5.32 Å². The highest BCUT2D eigenvalue weighted by atomic mass is 16.2. The fourth-order valence-electron chi connectivity index (χ4n) is 3.66. The number of aryl methyl sites for hydroxylation is 2. The van der Waals surface area contributed by atoms with E-state index in [2.05, 4.69) is 56.4 Å². The molecule has 1 N–H and O–H groups in total. The first-order valence-electron chi connectivity index (χ1n) is 10.8. The molecule has 0 aliphatic carbocycles. The monoisotopic (exact) mass is 408 g/mol. The molecule has 0 bridgehead atoms. The molecule has 2 aromatic rings. The van der Waals surface area contributed by atoms with E-state index < -0.39 is 6.04 Å². The van der Waals surface area contributed by atoms with Crippen molar-refractivity contribution in [3.8, 4) is 0 Å². The quantitative estimate of drug-likeness (QED) is 0.683. The van der Waals surface area contributed by atoms with Crippen LogP contribution in [0.15, 0.2) is 48.5 Å². The van der Waals surface area contributed by atoms with Gasteiger partial charge in [-0.1, -0.05) is 81.8 Å². The number of carbonyl (C=O) groups excluding carboxylic acids is 2. The maximum atomic E-state index is 13.2. The highest BCUT2D eigenvalue weighted by Gasteiger charge is 2.27. The summed E-state index contributed by atoms with van der Waals surface area (Å²) < 4.78 is 0. The molecule has 0 saturated carbocycles. The molecule has 4 nitrogen and oxygen atoms in total. The molecule has 2 rings (SSSR count). The molecule has 4 heteroatoms. The standard InChI is InChI=1S/C26H36N2O2/c1-7-23(25(30)27-6)28(18-21-10-8-9-19(2)17-21)24(29)16-13-20-11-14-22(15-12-20)26(3,4)5/h8-12,14-15,17,23H,7,13,16,18H2,1-6H3,(H,27,30)/t23-/m0/s1. The maximum absolute atomic E-state index is 13.2. The first kappa shape index (κ1) is 23.7. The van der Waals surface area contributed by atoms with Crippen LogP contribution in [0.25, 0.3) is 0 Å². The highest BCUT2D eigenvalue weighted by Crippen LogP contribution is 2.23. The molecule has 2 aromatic carbocycles. The number of likely N-dealkylation sites (N-methyl/N-ethyl adjacent to an activating group) is 1. The number of amides is 2. The largest absolute Gasteiger partial charge is 0.357 e. The fraction of sp³-hybridized carbons (Fsp3) is 0.462. The van der Waals surface area contributed by atoms with Gasteiger partial charge in [-0.25, -0.2) is 0 Å². The van der Waals surface area contributed by atoms with Crippen LogP contribution in [0.3, 0.4) is 0 Å². The number of rotatable bonds is 8. The van der Waals surface area contributed by atoms with Crippen LogP contribution in [0.1, 0.15) is 62.8 Å². The molecule has 0 aliphatic rings. The van der Waals surface area contributed by atoms with Gasteiger partial charge in [-0.3, -0.25) is 9.59 Å². The summed E-state index contributed by atoms with van der Waals surface area (Å²) >= 11 is 0. The van der Waals surface area contributed by atoms with Gasteiger partial charge in [0.15, 0.2) is 0 Å². The van der Waals surface area contributed by atoms with Gasteiger partial charge in [-0.15, -0.1) is 0 Å². The zero-order valence-electron chi connectivity index (χ0n) is 19.3. The average molecular weight is 409 g/mol. The Balaban J connectivity index is 2.16. The van der Waals surface area contributed by atoms with E-state index in [0.717, 1.165) is 16.7 Å². The lowest BCUT2D eigenvalue weighted by molar-refractivity contribution is -0.141. The minimum absolute atomic E-state index is 0.00635. The molecule has 0 fully saturated rings. The zero-order chi connectivity index (χ0) is 22.3. The number of nitrogens with one attached hydrogen (secondary N) is 1. The third kappa shape index (κ3) is 6.45. The Hall–Kier alpha value is -2.62. The van der Waals surface area contributed by atoms with Gasteiger partial charge in [0, 0.05) is 20.0 Å². The molecular formula is C26H36N2O2. The summed E-state index contributed by atoms with van der Waals surface area (Å²) in [6.45, 7) is 11.0. The van der Waals surface area contributed by atoms with E-state index >= 15 is 0 Å². The number of carbonyl (C=O) groups is 2. The predicted molar refractivity (Wildman–Crippen MR) is 123 cm³/mol. The molecule has 1 atom stereocenters. The summed E-state index contributed by atoms with van der Waals surface area (Å²) in [6.07, 6.45) is 1.63. The fourth-order valence-corrected chi connectivity index (χ4v) is 3.66. The van der Waals surface area contributed by atoms with Gasteiger partial charge in [0.2, 0.25) is 11.8 Å². The highest BCUT2D eigenvalue weighted by molar-refractivity contribution is 5.87. The van der Waals surface area contributed by atoms with Gasteiger partial charge in [0.05, 0.1) is 0 Å². The van der Waals surface area contributed by atoms with Crippen molar-refractivity contribution in [3.05, 3.63) is 70.8 Å². The molecule has 0 unspecified atom stereocenters. The Morgan fingerprint density at radius 3 is 2.23 bits per heavy atom. The van der Waals surface area contributed by atoms with Gasteiger partial charge in [-0.2, -0.15) is 0 Å².